The quantitative estimate of drug-likeness (QED) is 0.831. The number of sulfonamides is 1. The molecule has 2 fully saturated rings. The Kier molecular flexibility index (Phi) is 4.64. The van der Waals surface area contributed by atoms with Gasteiger partial charge in [-0.15, -0.1) is 0 Å². The van der Waals surface area contributed by atoms with Crippen molar-refractivity contribution in [3.8, 4) is 0 Å². The number of halogens is 1. The first-order valence-electron chi connectivity index (χ1n) is 7.57. The number of nitrogens with one attached hydrogen (secondary N) is 1. The topological polar surface area (TPSA) is 75.7 Å². The molecule has 0 amide bonds. The Balaban J connectivity index is 1.98. The van der Waals surface area contributed by atoms with Crippen molar-refractivity contribution in [3.05, 3.63) is 28.8 Å². The SMILES string of the molecule is COC(=O)c1ccc(S(=O)(=O)N2C3CCNCC2CC3)c(Cl)c1. The fourth-order valence-electron chi connectivity index (χ4n) is 3.40. The summed E-state index contributed by atoms with van der Waals surface area (Å²) >= 11 is 6.16. The van der Waals surface area contributed by atoms with E-state index in [0.717, 1.165) is 25.8 Å². The van der Waals surface area contributed by atoms with Crippen LogP contribution in [0.4, 0.5) is 0 Å². The van der Waals surface area contributed by atoms with Crippen LogP contribution < -0.4 is 5.32 Å². The van der Waals surface area contributed by atoms with Gasteiger partial charge in [-0.25, -0.2) is 13.2 Å². The number of fused-ring (bicyclic) bond motifs is 2. The van der Waals surface area contributed by atoms with Crippen LogP contribution in [0.1, 0.15) is 29.6 Å². The van der Waals surface area contributed by atoms with Crippen LogP contribution in [0.15, 0.2) is 23.1 Å². The van der Waals surface area contributed by atoms with E-state index in [1.807, 2.05) is 0 Å². The lowest BCUT2D eigenvalue weighted by atomic mass is 10.1. The zero-order chi connectivity index (χ0) is 16.6. The van der Waals surface area contributed by atoms with E-state index in [4.69, 9.17) is 11.6 Å². The fraction of sp³-hybridized carbons (Fsp3) is 0.533. The maximum absolute atomic E-state index is 13.1. The van der Waals surface area contributed by atoms with Gasteiger partial charge in [-0.05, 0) is 44.0 Å². The third-order valence-electron chi connectivity index (χ3n) is 4.50. The standard InChI is InChI=1S/C15H19ClN2O4S/c1-22-15(19)10-2-5-14(13(16)8-10)23(20,21)18-11-3-4-12(18)9-17-7-6-11/h2,5,8,11-12,17H,3-4,6-7,9H2,1H3. The number of hydrogen-bond donors (Lipinski definition) is 1. The van der Waals surface area contributed by atoms with Gasteiger partial charge in [0.2, 0.25) is 10.0 Å². The number of carbonyl (C=O) groups is 1. The van der Waals surface area contributed by atoms with Crippen molar-refractivity contribution in [2.75, 3.05) is 20.2 Å². The molecule has 2 aliphatic rings. The predicted octanol–water partition coefficient (Wildman–Crippen LogP) is 1.64. The molecular formula is C15H19ClN2O4S. The Morgan fingerprint density at radius 2 is 2.04 bits per heavy atom. The van der Waals surface area contributed by atoms with Crippen LogP contribution in [0.5, 0.6) is 0 Å². The molecule has 0 saturated carbocycles. The van der Waals surface area contributed by atoms with Crippen molar-refractivity contribution in [1.82, 2.24) is 9.62 Å². The Labute approximate surface area is 140 Å². The number of methoxy groups -OCH3 is 1. The van der Waals surface area contributed by atoms with E-state index in [0.29, 0.717) is 6.54 Å². The van der Waals surface area contributed by atoms with Crippen LogP contribution in [0.25, 0.3) is 0 Å². The van der Waals surface area contributed by atoms with E-state index in [-0.39, 0.29) is 27.6 Å². The highest BCUT2D eigenvalue weighted by Gasteiger charge is 2.43. The molecule has 23 heavy (non-hydrogen) atoms. The minimum atomic E-state index is -3.69. The summed E-state index contributed by atoms with van der Waals surface area (Å²) in [6.07, 6.45) is 2.53. The molecule has 0 aromatic heterocycles. The third-order valence-corrected chi connectivity index (χ3v) is 6.98. The number of hydrogen-bond acceptors (Lipinski definition) is 5. The van der Waals surface area contributed by atoms with Gasteiger partial charge in [-0.3, -0.25) is 0 Å². The number of rotatable bonds is 3. The van der Waals surface area contributed by atoms with Gasteiger partial charge in [0.05, 0.1) is 17.7 Å². The lowest BCUT2D eigenvalue weighted by molar-refractivity contribution is 0.0600. The van der Waals surface area contributed by atoms with Crippen LogP contribution in [0.3, 0.4) is 0 Å². The van der Waals surface area contributed by atoms with Gasteiger partial charge < -0.3 is 10.1 Å². The number of benzene rings is 1. The predicted molar refractivity (Wildman–Crippen MR) is 86.1 cm³/mol. The van der Waals surface area contributed by atoms with Crippen LogP contribution in [0, 0.1) is 0 Å². The lowest BCUT2D eigenvalue weighted by Gasteiger charge is -2.27. The molecule has 8 heteroatoms. The van der Waals surface area contributed by atoms with Crippen molar-refractivity contribution in [2.45, 2.75) is 36.2 Å². The second-order valence-corrected chi connectivity index (χ2v) is 8.07. The summed E-state index contributed by atoms with van der Waals surface area (Å²) in [5.41, 5.74) is 0.233. The monoisotopic (exact) mass is 358 g/mol. The molecule has 126 valence electrons. The van der Waals surface area contributed by atoms with E-state index in [1.54, 1.807) is 4.31 Å². The van der Waals surface area contributed by atoms with Crippen LogP contribution in [-0.2, 0) is 14.8 Å². The second-order valence-electron chi connectivity index (χ2n) is 5.85. The number of carbonyl (C=O) groups excluding carboxylic acids is 1. The van der Waals surface area contributed by atoms with E-state index in [9.17, 15) is 13.2 Å². The summed E-state index contributed by atoms with van der Waals surface area (Å²) in [5.74, 6) is -0.546. The highest BCUT2D eigenvalue weighted by Crippen LogP contribution is 2.36. The molecule has 2 atom stereocenters. The van der Waals surface area contributed by atoms with Gasteiger partial charge in [0.25, 0.3) is 0 Å². The van der Waals surface area contributed by atoms with Crippen LogP contribution in [-0.4, -0.2) is 51.0 Å². The largest absolute Gasteiger partial charge is 0.465 e. The fourth-order valence-corrected chi connectivity index (χ4v) is 5.82. The van der Waals surface area contributed by atoms with E-state index < -0.39 is 16.0 Å². The highest BCUT2D eigenvalue weighted by atomic mass is 35.5. The molecule has 2 bridgehead atoms. The van der Waals surface area contributed by atoms with Gasteiger partial charge in [0.15, 0.2) is 0 Å². The summed E-state index contributed by atoms with van der Waals surface area (Å²) in [7, 11) is -2.43. The molecule has 1 aromatic carbocycles. The number of esters is 1. The van der Waals surface area contributed by atoms with Gasteiger partial charge in [0, 0.05) is 18.6 Å². The van der Waals surface area contributed by atoms with Crippen LogP contribution in [0.2, 0.25) is 5.02 Å². The summed E-state index contributed by atoms with van der Waals surface area (Å²) in [6, 6.07) is 4.14. The minimum Gasteiger partial charge on any atom is -0.465 e. The molecular weight excluding hydrogens is 340 g/mol. The van der Waals surface area contributed by atoms with E-state index in [1.165, 1.54) is 25.3 Å². The molecule has 1 aromatic rings. The molecule has 2 saturated heterocycles. The zero-order valence-electron chi connectivity index (χ0n) is 12.8. The summed E-state index contributed by atoms with van der Waals surface area (Å²) in [5, 5.41) is 3.32. The van der Waals surface area contributed by atoms with Crippen molar-refractivity contribution in [2.24, 2.45) is 0 Å². The number of nitrogens with zero attached hydrogens (tertiary/aromatic N) is 1. The molecule has 0 radical (unpaired) electrons. The second kappa shape index (κ2) is 6.39. The van der Waals surface area contributed by atoms with Gasteiger partial charge >= 0.3 is 5.97 Å². The molecule has 2 unspecified atom stereocenters. The molecule has 1 N–H and O–H groups in total. The first kappa shape index (κ1) is 16.7. The average Bonchev–Trinajstić information content (AvgIpc) is 2.79. The molecule has 0 spiro atoms. The molecule has 2 heterocycles. The van der Waals surface area contributed by atoms with Crippen molar-refractivity contribution in [1.29, 1.82) is 0 Å². The third kappa shape index (κ3) is 2.98. The van der Waals surface area contributed by atoms with Gasteiger partial charge in [0.1, 0.15) is 4.90 Å². The molecule has 2 aliphatic heterocycles. The lowest BCUT2D eigenvalue weighted by Crippen LogP contribution is -2.42. The van der Waals surface area contributed by atoms with Crippen molar-refractivity contribution < 1.29 is 17.9 Å². The minimum absolute atomic E-state index is 0.0105. The maximum atomic E-state index is 13.1. The Morgan fingerprint density at radius 1 is 1.30 bits per heavy atom. The highest BCUT2D eigenvalue weighted by molar-refractivity contribution is 7.89. The van der Waals surface area contributed by atoms with E-state index in [2.05, 4.69) is 10.1 Å². The Hall–Kier alpha value is -1.15. The maximum Gasteiger partial charge on any atom is 0.337 e. The normalized spacial score (nSPS) is 25.1. The first-order valence-corrected chi connectivity index (χ1v) is 9.39. The van der Waals surface area contributed by atoms with Gasteiger partial charge in [-0.2, -0.15) is 4.31 Å². The summed E-state index contributed by atoms with van der Waals surface area (Å²) in [6.45, 7) is 1.48. The Bertz CT molecular complexity index is 708. The molecule has 3 rings (SSSR count). The average molecular weight is 359 g/mol. The molecule has 6 nitrogen and oxygen atoms in total. The van der Waals surface area contributed by atoms with Gasteiger partial charge in [-0.1, -0.05) is 11.6 Å². The summed E-state index contributed by atoms with van der Waals surface area (Å²) < 4.78 is 32.4. The first-order chi connectivity index (χ1) is 10.9. The smallest absolute Gasteiger partial charge is 0.337 e. The molecule has 0 aliphatic carbocycles. The van der Waals surface area contributed by atoms with Crippen molar-refractivity contribution >= 4 is 27.6 Å². The summed E-state index contributed by atoms with van der Waals surface area (Å²) in [4.78, 5) is 11.6. The zero-order valence-corrected chi connectivity index (χ0v) is 14.4. The van der Waals surface area contributed by atoms with Crippen LogP contribution >= 0.6 is 11.6 Å². The van der Waals surface area contributed by atoms with E-state index >= 15 is 0 Å². The Morgan fingerprint density at radius 3 is 2.74 bits per heavy atom. The van der Waals surface area contributed by atoms with Crippen molar-refractivity contribution in [3.63, 3.8) is 0 Å². The number of ether oxygens (including phenoxy) is 1.